The predicted octanol–water partition coefficient (Wildman–Crippen LogP) is 4.04. The standard InChI is InChI=1S/C24H31N3O6.ClH/c1-6-26(7-2)13-12-25-24(28)20(17-8-10-19(11-9-17)27(29)30)14-18-15-22(32-4)23(33-5)16-21(18)31-3;/h8-11,14-16H,6-7,12-13H2,1-5H3,(H,25,28);1H. The van der Waals surface area contributed by atoms with Crippen LogP contribution in [0.25, 0.3) is 11.6 Å². The Morgan fingerprint density at radius 2 is 1.56 bits per heavy atom. The minimum Gasteiger partial charge on any atom is -0.496 e. The average molecular weight is 494 g/mol. The van der Waals surface area contributed by atoms with Crippen LogP contribution in [0.4, 0.5) is 5.69 Å². The quantitative estimate of drug-likeness (QED) is 0.206. The van der Waals surface area contributed by atoms with Crippen LogP contribution in [-0.4, -0.2) is 63.2 Å². The number of benzene rings is 2. The SMILES string of the molecule is CCN(CC)CCNC(=O)C(=Cc1cc(OC)c(OC)cc1OC)c1ccc([N+](=O)[O-])cc1.Cl. The summed E-state index contributed by atoms with van der Waals surface area (Å²) in [6, 6.07) is 9.25. The smallest absolute Gasteiger partial charge is 0.269 e. The van der Waals surface area contributed by atoms with Crippen LogP contribution in [0.5, 0.6) is 17.2 Å². The molecule has 0 spiro atoms. The first-order chi connectivity index (χ1) is 15.9. The zero-order valence-electron chi connectivity index (χ0n) is 20.1. The number of methoxy groups -OCH3 is 3. The van der Waals surface area contributed by atoms with Crippen LogP contribution in [0.3, 0.4) is 0 Å². The summed E-state index contributed by atoms with van der Waals surface area (Å²) in [7, 11) is 4.57. The molecule has 186 valence electrons. The van der Waals surface area contributed by atoms with Gasteiger partial charge in [-0.05, 0) is 42.9 Å². The van der Waals surface area contributed by atoms with Crippen molar-refractivity contribution in [1.82, 2.24) is 10.2 Å². The van der Waals surface area contributed by atoms with Gasteiger partial charge in [-0.1, -0.05) is 13.8 Å². The van der Waals surface area contributed by atoms with Gasteiger partial charge in [0.15, 0.2) is 11.5 Å². The molecule has 0 aliphatic carbocycles. The van der Waals surface area contributed by atoms with Crippen LogP contribution in [0.2, 0.25) is 0 Å². The second-order valence-corrected chi connectivity index (χ2v) is 7.09. The maximum atomic E-state index is 13.2. The first-order valence-corrected chi connectivity index (χ1v) is 10.6. The second kappa shape index (κ2) is 14.1. The van der Waals surface area contributed by atoms with Crippen LogP contribution < -0.4 is 19.5 Å². The molecule has 0 saturated heterocycles. The van der Waals surface area contributed by atoms with E-state index in [9.17, 15) is 14.9 Å². The lowest BCUT2D eigenvalue weighted by Crippen LogP contribution is -2.35. The van der Waals surface area contributed by atoms with E-state index in [1.54, 1.807) is 30.3 Å². The van der Waals surface area contributed by atoms with Crippen molar-refractivity contribution < 1.29 is 23.9 Å². The van der Waals surface area contributed by atoms with Gasteiger partial charge in [-0.2, -0.15) is 0 Å². The number of carbonyl (C=O) groups excluding carboxylic acids is 1. The monoisotopic (exact) mass is 493 g/mol. The van der Waals surface area contributed by atoms with Crippen molar-refractivity contribution in [3.8, 4) is 17.2 Å². The lowest BCUT2D eigenvalue weighted by molar-refractivity contribution is -0.384. The summed E-state index contributed by atoms with van der Waals surface area (Å²) in [4.78, 5) is 25.9. The Balaban J connectivity index is 0.00000578. The number of hydrogen-bond acceptors (Lipinski definition) is 7. The number of non-ortho nitro benzene ring substituents is 1. The summed E-state index contributed by atoms with van der Waals surface area (Å²) in [6.07, 6.45) is 1.68. The lowest BCUT2D eigenvalue weighted by atomic mass is 10.0. The summed E-state index contributed by atoms with van der Waals surface area (Å²) in [5.74, 6) is 1.16. The predicted molar refractivity (Wildman–Crippen MR) is 135 cm³/mol. The van der Waals surface area contributed by atoms with Crippen molar-refractivity contribution in [2.75, 3.05) is 47.5 Å². The molecule has 0 bridgehead atoms. The summed E-state index contributed by atoms with van der Waals surface area (Å²) in [6.45, 7) is 7.09. The highest BCUT2D eigenvalue weighted by Crippen LogP contribution is 2.36. The van der Waals surface area contributed by atoms with Crippen molar-refractivity contribution in [1.29, 1.82) is 0 Å². The van der Waals surface area contributed by atoms with Gasteiger partial charge in [-0.25, -0.2) is 0 Å². The number of halogens is 1. The summed E-state index contributed by atoms with van der Waals surface area (Å²) < 4.78 is 16.2. The third kappa shape index (κ3) is 7.36. The van der Waals surface area contributed by atoms with Gasteiger partial charge in [0.05, 0.1) is 26.3 Å². The summed E-state index contributed by atoms with van der Waals surface area (Å²) in [5, 5.41) is 14.0. The van der Waals surface area contributed by atoms with Gasteiger partial charge >= 0.3 is 0 Å². The van der Waals surface area contributed by atoms with Crippen molar-refractivity contribution in [3.63, 3.8) is 0 Å². The Kier molecular flexibility index (Phi) is 11.9. The van der Waals surface area contributed by atoms with Crippen molar-refractivity contribution in [3.05, 3.63) is 57.6 Å². The lowest BCUT2D eigenvalue weighted by Gasteiger charge is -2.18. The number of nitrogens with one attached hydrogen (secondary N) is 1. The molecule has 0 saturated carbocycles. The molecule has 0 unspecified atom stereocenters. The number of hydrogen-bond donors (Lipinski definition) is 1. The Morgan fingerprint density at radius 3 is 2.06 bits per heavy atom. The zero-order valence-corrected chi connectivity index (χ0v) is 20.9. The van der Waals surface area contributed by atoms with E-state index in [0.717, 1.165) is 13.1 Å². The summed E-state index contributed by atoms with van der Waals surface area (Å²) >= 11 is 0. The van der Waals surface area contributed by atoms with E-state index in [1.165, 1.54) is 33.5 Å². The highest BCUT2D eigenvalue weighted by Gasteiger charge is 2.17. The molecule has 1 N–H and O–H groups in total. The van der Waals surface area contributed by atoms with E-state index in [-0.39, 0.29) is 24.0 Å². The molecule has 10 heteroatoms. The minimum absolute atomic E-state index is 0. The first kappa shape index (κ1) is 28.7. The van der Waals surface area contributed by atoms with Gasteiger partial charge in [0.1, 0.15) is 5.75 Å². The van der Waals surface area contributed by atoms with E-state index in [0.29, 0.717) is 47.0 Å². The molecule has 0 radical (unpaired) electrons. The van der Waals surface area contributed by atoms with Crippen LogP contribution in [0.15, 0.2) is 36.4 Å². The first-order valence-electron chi connectivity index (χ1n) is 10.6. The van der Waals surface area contributed by atoms with Gasteiger partial charge < -0.3 is 24.4 Å². The molecule has 0 aliphatic rings. The fraction of sp³-hybridized carbons (Fsp3) is 0.375. The third-order valence-corrected chi connectivity index (χ3v) is 5.28. The molecular formula is C24H32ClN3O6. The molecule has 2 aromatic rings. The molecule has 0 heterocycles. The number of rotatable bonds is 12. The third-order valence-electron chi connectivity index (χ3n) is 5.28. The van der Waals surface area contributed by atoms with Crippen LogP contribution in [0.1, 0.15) is 25.0 Å². The Labute approximate surface area is 206 Å². The second-order valence-electron chi connectivity index (χ2n) is 7.09. The maximum Gasteiger partial charge on any atom is 0.269 e. The minimum atomic E-state index is -0.477. The molecule has 0 atom stereocenters. The van der Waals surface area contributed by atoms with Gasteiger partial charge in [-0.15, -0.1) is 12.4 Å². The van der Waals surface area contributed by atoms with Crippen molar-refractivity contribution in [2.45, 2.75) is 13.8 Å². The molecule has 0 aliphatic heterocycles. The highest BCUT2D eigenvalue weighted by molar-refractivity contribution is 6.24. The molecule has 2 rings (SSSR count). The van der Waals surface area contributed by atoms with Gasteiger partial charge in [0.2, 0.25) is 0 Å². The number of nitro groups is 1. The fourth-order valence-electron chi connectivity index (χ4n) is 3.33. The van der Waals surface area contributed by atoms with Crippen LogP contribution in [-0.2, 0) is 4.79 Å². The number of ether oxygens (including phenoxy) is 3. The number of likely N-dealkylation sites (N-methyl/N-ethyl adjacent to an activating group) is 1. The Hall–Kier alpha value is -3.30. The molecular weight excluding hydrogens is 462 g/mol. The topological polar surface area (TPSA) is 103 Å². The maximum absolute atomic E-state index is 13.2. The fourth-order valence-corrected chi connectivity index (χ4v) is 3.33. The number of carbonyl (C=O) groups is 1. The Morgan fingerprint density at radius 1 is 1.00 bits per heavy atom. The van der Waals surface area contributed by atoms with Crippen LogP contribution in [0, 0.1) is 10.1 Å². The molecule has 9 nitrogen and oxygen atoms in total. The average Bonchev–Trinajstić information content (AvgIpc) is 2.84. The van der Waals surface area contributed by atoms with E-state index in [4.69, 9.17) is 14.2 Å². The van der Waals surface area contributed by atoms with Crippen molar-refractivity contribution in [2.24, 2.45) is 0 Å². The molecule has 1 amide bonds. The summed E-state index contributed by atoms with van der Waals surface area (Å²) in [5.41, 5.74) is 1.43. The van der Waals surface area contributed by atoms with Gasteiger partial charge in [0, 0.05) is 42.4 Å². The van der Waals surface area contributed by atoms with E-state index < -0.39 is 4.92 Å². The molecule has 34 heavy (non-hydrogen) atoms. The highest BCUT2D eigenvalue weighted by atomic mass is 35.5. The number of nitrogens with zero attached hydrogens (tertiary/aromatic N) is 2. The van der Waals surface area contributed by atoms with E-state index in [2.05, 4.69) is 24.1 Å². The van der Waals surface area contributed by atoms with Gasteiger partial charge in [0.25, 0.3) is 11.6 Å². The zero-order chi connectivity index (χ0) is 24.4. The number of nitro benzene ring substituents is 1. The molecule has 2 aromatic carbocycles. The molecule has 0 fully saturated rings. The van der Waals surface area contributed by atoms with E-state index in [1.807, 2.05) is 0 Å². The number of amides is 1. The molecule has 0 aromatic heterocycles. The van der Waals surface area contributed by atoms with Crippen LogP contribution >= 0.6 is 12.4 Å². The van der Waals surface area contributed by atoms with E-state index >= 15 is 0 Å². The normalized spacial score (nSPS) is 10.9. The largest absolute Gasteiger partial charge is 0.496 e. The van der Waals surface area contributed by atoms with Crippen molar-refractivity contribution >= 4 is 35.7 Å². The Bertz CT molecular complexity index is 991. The van der Waals surface area contributed by atoms with Gasteiger partial charge in [-0.3, -0.25) is 14.9 Å².